The Bertz CT molecular complexity index is 324. The fraction of sp³-hybridized carbons (Fsp3) is 0.167. The molecule has 1 nitrogen and oxygen atoms in total. The molecule has 0 aliphatic rings. The zero-order chi connectivity index (χ0) is 9.68. The molecule has 1 aromatic carbocycles. The second-order valence-corrected chi connectivity index (χ2v) is 2.80. The van der Waals surface area contributed by atoms with E-state index >= 15 is 0 Å². The standard InChI is InChI=1S/C12H15N/c1-4-6-11-9-10(5-2)7-8-12(11)13-3/h4-9,13H,2H2,1,3H3. The third-order valence-corrected chi connectivity index (χ3v) is 1.93. The molecule has 0 atom stereocenters. The molecule has 68 valence electrons. The fourth-order valence-corrected chi connectivity index (χ4v) is 1.25. The van der Waals surface area contributed by atoms with E-state index in [1.54, 1.807) is 0 Å². The first-order valence-electron chi connectivity index (χ1n) is 4.38. The van der Waals surface area contributed by atoms with Crippen LogP contribution in [-0.2, 0) is 0 Å². The normalized spacial score (nSPS) is 10.3. The highest BCUT2D eigenvalue weighted by Crippen LogP contribution is 2.19. The van der Waals surface area contributed by atoms with Gasteiger partial charge in [-0.15, -0.1) is 0 Å². The molecule has 0 spiro atoms. The third kappa shape index (κ3) is 2.22. The van der Waals surface area contributed by atoms with Crippen LogP contribution in [0.2, 0.25) is 0 Å². The van der Waals surface area contributed by atoms with Crippen LogP contribution in [0.25, 0.3) is 12.2 Å². The SMILES string of the molecule is C=Cc1ccc(NC)c(C=CC)c1. The summed E-state index contributed by atoms with van der Waals surface area (Å²) in [6, 6.07) is 6.22. The van der Waals surface area contributed by atoms with Crippen LogP contribution >= 0.6 is 0 Å². The van der Waals surface area contributed by atoms with Gasteiger partial charge < -0.3 is 5.32 Å². The first-order valence-corrected chi connectivity index (χ1v) is 4.38. The maximum absolute atomic E-state index is 3.74. The van der Waals surface area contributed by atoms with Crippen molar-refractivity contribution in [3.63, 3.8) is 0 Å². The number of allylic oxidation sites excluding steroid dienone is 1. The summed E-state index contributed by atoms with van der Waals surface area (Å²) in [5.74, 6) is 0. The maximum Gasteiger partial charge on any atom is 0.0411 e. The minimum absolute atomic E-state index is 1.14. The van der Waals surface area contributed by atoms with Gasteiger partial charge in [-0.1, -0.05) is 30.9 Å². The van der Waals surface area contributed by atoms with E-state index in [2.05, 4.69) is 30.1 Å². The molecule has 1 rings (SSSR count). The maximum atomic E-state index is 3.74. The van der Waals surface area contributed by atoms with Crippen molar-refractivity contribution in [2.24, 2.45) is 0 Å². The molecule has 0 fully saturated rings. The van der Waals surface area contributed by atoms with Crippen molar-refractivity contribution >= 4 is 17.8 Å². The van der Waals surface area contributed by atoms with Crippen LogP contribution in [0.15, 0.2) is 30.9 Å². The van der Waals surface area contributed by atoms with Gasteiger partial charge in [-0.25, -0.2) is 0 Å². The van der Waals surface area contributed by atoms with Gasteiger partial charge in [0.2, 0.25) is 0 Å². The van der Waals surface area contributed by atoms with Crippen molar-refractivity contribution in [3.8, 4) is 0 Å². The Balaban J connectivity index is 3.17. The Morgan fingerprint density at radius 1 is 1.38 bits per heavy atom. The molecule has 0 aliphatic carbocycles. The molecule has 0 radical (unpaired) electrons. The van der Waals surface area contributed by atoms with Crippen molar-refractivity contribution in [1.82, 2.24) is 0 Å². The summed E-state index contributed by atoms with van der Waals surface area (Å²) in [7, 11) is 1.93. The summed E-state index contributed by atoms with van der Waals surface area (Å²) < 4.78 is 0. The van der Waals surface area contributed by atoms with E-state index in [0.29, 0.717) is 0 Å². The van der Waals surface area contributed by atoms with E-state index < -0.39 is 0 Å². The van der Waals surface area contributed by atoms with Gasteiger partial charge >= 0.3 is 0 Å². The van der Waals surface area contributed by atoms with Crippen molar-refractivity contribution in [3.05, 3.63) is 42.0 Å². The molecule has 0 heterocycles. The molecular weight excluding hydrogens is 158 g/mol. The van der Waals surface area contributed by atoms with Gasteiger partial charge in [0.25, 0.3) is 0 Å². The Morgan fingerprint density at radius 2 is 2.15 bits per heavy atom. The van der Waals surface area contributed by atoms with Crippen molar-refractivity contribution in [2.45, 2.75) is 6.92 Å². The van der Waals surface area contributed by atoms with Crippen molar-refractivity contribution in [2.75, 3.05) is 12.4 Å². The molecule has 1 N–H and O–H groups in total. The van der Waals surface area contributed by atoms with Crippen LogP contribution < -0.4 is 5.32 Å². The van der Waals surface area contributed by atoms with E-state index in [1.165, 1.54) is 5.56 Å². The summed E-state index contributed by atoms with van der Waals surface area (Å²) in [6.45, 7) is 5.76. The summed E-state index contributed by atoms with van der Waals surface area (Å²) in [5, 5.41) is 3.15. The van der Waals surface area contributed by atoms with Gasteiger partial charge in [-0.05, 0) is 30.2 Å². The lowest BCUT2D eigenvalue weighted by molar-refractivity contribution is 1.48. The highest BCUT2D eigenvalue weighted by Gasteiger charge is 1.96. The van der Waals surface area contributed by atoms with E-state index in [1.807, 2.05) is 32.2 Å². The number of hydrogen-bond donors (Lipinski definition) is 1. The predicted molar refractivity (Wildman–Crippen MR) is 60.8 cm³/mol. The summed E-state index contributed by atoms with van der Waals surface area (Å²) in [6.07, 6.45) is 5.97. The van der Waals surface area contributed by atoms with Crippen LogP contribution in [0.4, 0.5) is 5.69 Å². The average Bonchev–Trinajstić information content (AvgIpc) is 2.18. The Morgan fingerprint density at radius 3 is 2.69 bits per heavy atom. The Labute approximate surface area is 79.8 Å². The average molecular weight is 173 g/mol. The monoisotopic (exact) mass is 173 g/mol. The Hall–Kier alpha value is -1.50. The predicted octanol–water partition coefficient (Wildman–Crippen LogP) is 3.40. The minimum atomic E-state index is 1.14. The van der Waals surface area contributed by atoms with Gasteiger partial charge in [0.05, 0.1) is 0 Å². The van der Waals surface area contributed by atoms with E-state index in [0.717, 1.165) is 11.3 Å². The summed E-state index contributed by atoms with van der Waals surface area (Å²) in [4.78, 5) is 0. The van der Waals surface area contributed by atoms with Gasteiger partial charge in [0.1, 0.15) is 0 Å². The van der Waals surface area contributed by atoms with E-state index in [4.69, 9.17) is 0 Å². The second kappa shape index (κ2) is 4.51. The molecule has 0 saturated heterocycles. The van der Waals surface area contributed by atoms with Gasteiger partial charge in [0, 0.05) is 12.7 Å². The van der Waals surface area contributed by atoms with Crippen LogP contribution in [-0.4, -0.2) is 7.05 Å². The van der Waals surface area contributed by atoms with Gasteiger partial charge in [-0.3, -0.25) is 0 Å². The molecule has 0 saturated carbocycles. The number of anilines is 1. The summed E-state index contributed by atoms with van der Waals surface area (Å²) in [5.41, 5.74) is 3.48. The molecule has 13 heavy (non-hydrogen) atoms. The Kier molecular flexibility index (Phi) is 3.32. The highest BCUT2D eigenvalue weighted by molar-refractivity contribution is 5.69. The molecule has 0 aromatic heterocycles. The lowest BCUT2D eigenvalue weighted by Gasteiger charge is -2.05. The van der Waals surface area contributed by atoms with E-state index in [9.17, 15) is 0 Å². The molecule has 0 amide bonds. The smallest absolute Gasteiger partial charge is 0.0411 e. The number of hydrogen-bond acceptors (Lipinski definition) is 1. The first kappa shape index (κ1) is 9.59. The lowest BCUT2D eigenvalue weighted by Crippen LogP contribution is -1.91. The number of rotatable bonds is 3. The topological polar surface area (TPSA) is 12.0 Å². The number of nitrogens with one attached hydrogen (secondary N) is 1. The first-order chi connectivity index (χ1) is 6.31. The largest absolute Gasteiger partial charge is 0.388 e. The van der Waals surface area contributed by atoms with Crippen molar-refractivity contribution in [1.29, 1.82) is 0 Å². The molecule has 0 unspecified atom stereocenters. The molecular formula is C12H15N. The van der Waals surface area contributed by atoms with Gasteiger partial charge in [-0.2, -0.15) is 0 Å². The lowest BCUT2D eigenvalue weighted by atomic mass is 10.1. The third-order valence-electron chi connectivity index (χ3n) is 1.93. The van der Waals surface area contributed by atoms with Crippen LogP contribution in [0.1, 0.15) is 18.1 Å². The van der Waals surface area contributed by atoms with Crippen LogP contribution in [0, 0.1) is 0 Å². The van der Waals surface area contributed by atoms with Gasteiger partial charge in [0.15, 0.2) is 0 Å². The van der Waals surface area contributed by atoms with E-state index in [-0.39, 0.29) is 0 Å². The summed E-state index contributed by atoms with van der Waals surface area (Å²) >= 11 is 0. The molecule has 1 heteroatoms. The number of benzene rings is 1. The molecule has 0 bridgehead atoms. The quantitative estimate of drug-likeness (QED) is 0.738. The zero-order valence-corrected chi connectivity index (χ0v) is 8.17. The van der Waals surface area contributed by atoms with Crippen molar-refractivity contribution < 1.29 is 0 Å². The minimum Gasteiger partial charge on any atom is -0.388 e. The molecule has 0 aliphatic heterocycles. The van der Waals surface area contributed by atoms with Crippen LogP contribution in [0.5, 0.6) is 0 Å². The second-order valence-electron chi connectivity index (χ2n) is 2.80. The molecule has 1 aromatic rings. The fourth-order valence-electron chi connectivity index (χ4n) is 1.25. The van der Waals surface area contributed by atoms with Crippen LogP contribution in [0.3, 0.4) is 0 Å². The zero-order valence-electron chi connectivity index (χ0n) is 8.17. The highest BCUT2D eigenvalue weighted by atomic mass is 14.8.